The molecular formula is C14H28O. The Labute approximate surface area is 95.3 Å². The van der Waals surface area contributed by atoms with E-state index in [1.165, 1.54) is 32.1 Å². The van der Waals surface area contributed by atoms with Crippen LogP contribution in [0.15, 0.2) is 0 Å². The van der Waals surface area contributed by atoms with Gasteiger partial charge in [0.1, 0.15) is 0 Å². The van der Waals surface area contributed by atoms with E-state index in [-0.39, 0.29) is 0 Å². The van der Waals surface area contributed by atoms with Crippen molar-refractivity contribution in [1.82, 2.24) is 0 Å². The largest absolute Gasteiger partial charge is 0.390 e. The highest BCUT2D eigenvalue weighted by Gasteiger charge is 2.30. The average molecular weight is 212 g/mol. The Bertz CT molecular complexity index is 172. The van der Waals surface area contributed by atoms with E-state index >= 15 is 0 Å². The summed E-state index contributed by atoms with van der Waals surface area (Å²) in [6.07, 6.45) is 7.97. The van der Waals surface area contributed by atoms with Gasteiger partial charge in [0, 0.05) is 0 Å². The highest BCUT2D eigenvalue weighted by molar-refractivity contribution is 4.81. The van der Waals surface area contributed by atoms with Crippen LogP contribution in [0.1, 0.15) is 66.2 Å². The third-order valence-electron chi connectivity index (χ3n) is 3.85. The lowest BCUT2D eigenvalue weighted by molar-refractivity contribution is 0.0234. The first-order valence-corrected chi connectivity index (χ1v) is 6.62. The van der Waals surface area contributed by atoms with E-state index in [0.717, 1.165) is 12.3 Å². The fraction of sp³-hybridized carbons (Fsp3) is 1.00. The van der Waals surface area contributed by atoms with Gasteiger partial charge < -0.3 is 5.11 Å². The van der Waals surface area contributed by atoms with E-state index in [9.17, 15) is 5.11 Å². The monoisotopic (exact) mass is 212 g/mol. The molecule has 90 valence electrons. The van der Waals surface area contributed by atoms with E-state index in [0.29, 0.717) is 11.8 Å². The average Bonchev–Trinajstić information content (AvgIpc) is 2.14. The van der Waals surface area contributed by atoms with Gasteiger partial charge in [0.2, 0.25) is 0 Å². The van der Waals surface area contributed by atoms with Crippen LogP contribution in [0.3, 0.4) is 0 Å². The lowest BCUT2D eigenvalue weighted by Gasteiger charge is -2.36. The maximum absolute atomic E-state index is 9.97. The van der Waals surface area contributed by atoms with Gasteiger partial charge in [0.25, 0.3) is 0 Å². The molecule has 1 atom stereocenters. The molecule has 0 aromatic rings. The normalized spacial score (nSPS) is 22.0. The zero-order valence-corrected chi connectivity index (χ0v) is 10.9. The van der Waals surface area contributed by atoms with Crippen molar-refractivity contribution in [3.8, 4) is 0 Å². The van der Waals surface area contributed by atoms with Crippen molar-refractivity contribution in [1.29, 1.82) is 0 Å². The molecule has 1 N–H and O–H groups in total. The molecule has 1 aliphatic carbocycles. The summed E-state index contributed by atoms with van der Waals surface area (Å²) < 4.78 is 0. The Morgan fingerprint density at radius 1 is 1.13 bits per heavy atom. The van der Waals surface area contributed by atoms with Gasteiger partial charge in [-0.25, -0.2) is 0 Å². The molecule has 1 nitrogen and oxygen atoms in total. The summed E-state index contributed by atoms with van der Waals surface area (Å²) in [6, 6.07) is 0. The van der Waals surface area contributed by atoms with Crippen molar-refractivity contribution in [3.05, 3.63) is 0 Å². The van der Waals surface area contributed by atoms with Crippen LogP contribution in [0.25, 0.3) is 0 Å². The van der Waals surface area contributed by atoms with Crippen LogP contribution in [-0.4, -0.2) is 10.7 Å². The van der Waals surface area contributed by atoms with Crippen molar-refractivity contribution in [2.24, 2.45) is 17.8 Å². The first-order chi connectivity index (χ1) is 6.90. The predicted molar refractivity (Wildman–Crippen MR) is 65.8 cm³/mol. The molecule has 0 aromatic carbocycles. The molecule has 0 aromatic heterocycles. The van der Waals surface area contributed by atoms with Gasteiger partial charge in [0.05, 0.1) is 5.60 Å². The summed E-state index contributed by atoms with van der Waals surface area (Å²) >= 11 is 0. The van der Waals surface area contributed by atoms with Gasteiger partial charge in [-0.3, -0.25) is 0 Å². The molecule has 0 saturated heterocycles. The van der Waals surface area contributed by atoms with Gasteiger partial charge in [-0.2, -0.15) is 0 Å². The van der Waals surface area contributed by atoms with Crippen LogP contribution in [0, 0.1) is 17.8 Å². The number of hydrogen-bond acceptors (Lipinski definition) is 1. The number of rotatable bonds is 4. The topological polar surface area (TPSA) is 20.2 Å². The summed E-state index contributed by atoms with van der Waals surface area (Å²) in [5, 5.41) is 9.97. The van der Waals surface area contributed by atoms with Gasteiger partial charge in [0.15, 0.2) is 0 Å². The number of hydrogen-bond donors (Lipinski definition) is 1. The quantitative estimate of drug-likeness (QED) is 0.747. The first kappa shape index (κ1) is 13.0. The van der Waals surface area contributed by atoms with Crippen molar-refractivity contribution >= 4 is 0 Å². The summed E-state index contributed by atoms with van der Waals surface area (Å²) in [4.78, 5) is 0. The molecule has 0 bridgehead atoms. The lowest BCUT2D eigenvalue weighted by atomic mass is 9.71. The molecule has 1 heteroatoms. The summed E-state index contributed by atoms with van der Waals surface area (Å²) in [5.74, 6) is 2.29. The summed E-state index contributed by atoms with van der Waals surface area (Å²) in [5.41, 5.74) is -0.494. The van der Waals surface area contributed by atoms with E-state index in [4.69, 9.17) is 0 Å². The Morgan fingerprint density at radius 2 is 1.67 bits per heavy atom. The molecule has 15 heavy (non-hydrogen) atoms. The molecule has 1 rings (SSSR count). The Morgan fingerprint density at radius 3 is 2.07 bits per heavy atom. The van der Waals surface area contributed by atoms with Crippen LogP contribution < -0.4 is 0 Å². The first-order valence-electron chi connectivity index (χ1n) is 6.62. The second kappa shape index (κ2) is 5.34. The molecule has 1 unspecified atom stereocenters. The van der Waals surface area contributed by atoms with Crippen molar-refractivity contribution in [3.63, 3.8) is 0 Å². The fourth-order valence-electron chi connectivity index (χ4n) is 3.09. The minimum atomic E-state index is -0.494. The highest BCUT2D eigenvalue weighted by atomic mass is 16.3. The highest BCUT2D eigenvalue weighted by Crippen LogP contribution is 2.38. The zero-order chi connectivity index (χ0) is 11.5. The number of aliphatic hydroxyl groups is 1. The van der Waals surface area contributed by atoms with E-state index in [1.54, 1.807) is 0 Å². The fourth-order valence-corrected chi connectivity index (χ4v) is 3.09. The minimum Gasteiger partial charge on any atom is -0.390 e. The molecular weight excluding hydrogens is 184 g/mol. The van der Waals surface area contributed by atoms with E-state index in [2.05, 4.69) is 13.8 Å². The SMILES string of the molecule is CC(C)C(CC(C)(C)O)C1CCCCC1. The van der Waals surface area contributed by atoms with Gasteiger partial charge >= 0.3 is 0 Å². The molecule has 0 aliphatic heterocycles. The standard InChI is InChI=1S/C14H28O/c1-11(2)13(10-14(3,4)15)12-8-6-5-7-9-12/h11-13,15H,5-10H2,1-4H3. The van der Waals surface area contributed by atoms with Crippen molar-refractivity contribution < 1.29 is 5.11 Å². The Balaban J connectivity index is 2.56. The van der Waals surface area contributed by atoms with Gasteiger partial charge in [-0.05, 0) is 38.0 Å². The minimum absolute atomic E-state index is 0.494. The second-order valence-corrected chi connectivity index (χ2v) is 6.32. The molecule has 0 heterocycles. The van der Waals surface area contributed by atoms with Gasteiger partial charge in [-0.1, -0.05) is 46.0 Å². The zero-order valence-electron chi connectivity index (χ0n) is 10.9. The van der Waals surface area contributed by atoms with Crippen LogP contribution >= 0.6 is 0 Å². The lowest BCUT2D eigenvalue weighted by Crippen LogP contribution is -2.31. The Hall–Kier alpha value is -0.0400. The van der Waals surface area contributed by atoms with Crippen LogP contribution in [0.2, 0.25) is 0 Å². The van der Waals surface area contributed by atoms with Gasteiger partial charge in [-0.15, -0.1) is 0 Å². The molecule has 0 spiro atoms. The van der Waals surface area contributed by atoms with Crippen LogP contribution in [-0.2, 0) is 0 Å². The maximum atomic E-state index is 9.97. The van der Waals surface area contributed by atoms with Crippen molar-refractivity contribution in [2.75, 3.05) is 0 Å². The van der Waals surface area contributed by atoms with E-state index in [1.807, 2.05) is 13.8 Å². The maximum Gasteiger partial charge on any atom is 0.0594 e. The third kappa shape index (κ3) is 4.55. The summed E-state index contributed by atoms with van der Waals surface area (Å²) in [6.45, 7) is 8.52. The van der Waals surface area contributed by atoms with Crippen LogP contribution in [0.5, 0.6) is 0 Å². The smallest absolute Gasteiger partial charge is 0.0594 e. The third-order valence-corrected chi connectivity index (χ3v) is 3.85. The molecule has 0 amide bonds. The predicted octanol–water partition coefficient (Wildman–Crippen LogP) is 4.00. The van der Waals surface area contributed by atoms with E-state index < -0.39 is 5.60 Å². The molecule has 1 fully saturated rings. The second-order valence-electron chi connectivity index (χ2n) is 6.32. The molecule has 1 aliphatic rings. The van der Waals surface area contributed by atoms with Crippen molar-refractivity contribution in [2.45, 2.75) is 71.8 Å². The Kier molecular flexibility index (Phi) is 4.64. The molecule has 0 radical (unpaired) electrons. The summed E-state index contributed by atoms with van der Waals surface area (Å²) in [7, 11) is 0. The van der Waals surface area contributed by atoms with Crippen LogP contribution in [0.4, 0.5) is 0 Å². The molecule has 1 saturated carbocycles.